The van der Waals surface area contributed by atoms with Crippen LogP contribution in [-0.4, -0.2) is 56.6 Å². The zero-order valence-corrected chi connectivity index (χ0v) is 23.7. The van der Waals surface area contributed by atoms with E-state index in [1.807, 2.05) is 6.92 Å². The number of rotatable bonds is 4. The number of ether oxygens (including phenoxy) is 2. The van der Waals surface area contributed by atoms with Crippen molar-refractivity contribution in [3.05, 3.63) is 23.8 Å². The van der Waals surface area contributed by atoms with Gasteiger partial charge in [0.25, 0.3) is 0 Å². The molecule has 1 saturated heterocycles. The van der Waals surface area contributed by atoms with Crippen molar-refractivity contribution in [3.63, 3.8) is 0 Å². The molecule has 0 aromatic carbocycles. The van der Waals surface area contributed by atoms with Crippen LogP contribution < -0.4 is 0 Å². The van der Waals surface area contributed by atoms with Crippen molar-refractivity contribution in [2.24, 2.45) is 28.6 Å². The molecule has 0 radical (unpaired) electrons. The quantitative estimate of drug-likeness (QED) is 0.523. The number of fused-ring (bicyclic) bond motifs is 7. The first-order chi connectivity index (χ1) is 17.6. The summed E-state index contributed by atoms with van der Waals surface area (Å²) in [5.41, 5.74) is -6.44. The number of ketones is 1. The first-order valence-corrected chi connectivity index (χ1v) is 14.5. The Balaban J connectivity index is 1.58. The second-order valence-corrected chi connectivity index (χ2v) is 13.8. The number of hydrogen-bond acceptors (Lipinski definition) is 7. The standard InChI is InChI=1S/C29H38F2O6S/c1-7-8-15(2)23(34)38-24(35)29-22(36-25(3,4)37-29)13-17-18-12-20(30)19-11-16(32)9-10-26(19,5)28(18,31)21(33)14-27(17,29)6/h9-11,15,17-18,20-22,33H,7-8,12-14H2,1-6H3/t15?,17-,18-,20-,21-,22+,26-,27-,28-,29-/m0/s1. The summed E-state index contributed by atoms with van der Waals surface area (Å²) in [5.74, 6) is -3.38. The fraction of sp³-hybridized carbons (Fsp3) is 0.759. The number of alkyl halides is 2. The Morgan fingerprint density at radius 3 is 2.55 bits per heavy atom. The Morgan fingerprint density at radius 1 is 1.21 bits per heavy atom. The van der Waals surface area contributed by atoms with E-state index >= 15 is 8.78 Å². The van der Waals surface area contributed by atoms with E-state index in [-0.39, 0.29) is 35.9 Å². The highest BCUT2D eigenvalue weighted by molar-refractivity contribution is 8.26. The summed E-state index contributed by atoms with van der Waals surface area (Å²) < 4.78 is 45.8. The summed E-state index contributed by atoms with van der Waals surface area (Å²) in [6.07, 6.45) is 1.20. The van der Waals surface area contributed by atoms with Gasteiger partial charge < -0.3 is 14.6 Å². The van der Waals surface area contributed by atoms with E-state index in [2.05, 4.69) is 0 Å². The highest BCUT2D eigenvalue weighted by atomic mass is 32.2. The first kappa shape index (κ1) is 28.1. The average molecular weight is 553 g/mol. The Morgan fingerprint density at radius 2 is 1.89 bits per heavy atom. The SMILES string of the molecule is CCCC(C)C(=O)SC(=O)[C@@]12OC(C)(C)O[C@@H]1C[C@H]1[C@@H]3C[C@H](F)C4=CC(=O)C=C[C@]4(C)[C@@]3(F)[C@@H](O)C[C@@]12C. The van der Waals surface area contributed by atoms with Crippen molar-refractivity contribution in [2.45, 2.75) is 109 Å². The van der Waals surface area contributed by atoms with E-state index in [9.17, 15) is 19.5 Å². The molecule has 10 atom stereocenters. The van der Waals surface area contributed by atoms with Gasteiger partial charge in [0.1, 0.15) is 6.17 Å². The third-order valence-corrected chi connectivity index (χ3v) is 11.3. The second kappa shape index (κ2) is 8.79. The molecule has 1 aliphatic heterocycles. The van der Waals surface area contributed by atoms with Crippen LogP contribution in [0.2, 0.25) is 0 Å². The Bertz CT molecular complexity index is 1140. The summed E-state index contributed by atoms with van der Waals surface area (Å²) in [5, 5.41) is 10.8. The van der Waals surface area contributed by atoms with Crippen molar-refractivity contribution in [1.82, 2.24) is 0 Å². The van der Waals surface area contributed by atoms with Gasteiger partial charge >= 0.3 is 0 Å². The number of aliphatic hydroxyl groups excluding tert-OH is 1. The first-order valence-electron chi connectivity index (χ1n) is 13.7. The van der Waals surface area contributed by atoms with Crippen LogP contribution in [0, 0.1) is 28.6 Å². The van der Waals surface area contributed by atoms with Crippen molar-refractivity contribution < 1.29 is 37.7 Å². The van der Waals surface area contributed by atoms with E-state index in [1.165, 1.54) is 12.2 Å². The molecule has 210 valence electrons. The number of carbonyl (C=O) groups excluding carboxylic acids is 3. The lowest BCUT2D eigenvalue weighted by atomic mass is 9.44. The van der Waals surface area contributed by atoms with Gasteiger partial charge in [-0.1, -0.05) is 33.3 Å². The molecule has 9 heteroatoms. The van der Waals surface area contributed by atoms with E-state index < -0.39 is 69.0 Å². The number of hydrogen-bond donors (Lipinski definition) is 1. The molecule has 4 aliphatic carbocycles. The van der Waals surface area contributed by atoms with Crippen molar-refractivity contribution in [3.8, 4) is 0 Å². The Hall–Kier alpha value is -1.42. The molecule has 0 aromatic rings. The van der Waals surface area contributed by atoms with Gasteiger partial charge in [-0.25, -0.2) is 8.78 Å². The minimum Gasteiger partial charge on any atom is -0.390 e. The third kappa shape index (κ3) is 3.50. The predicted molar refractivity (Wildman–Crippen MR) is 138 cm³/mol. The van der Waals surface area contributed by atoms with Gasteiger partial charge in [-0.2, -0.15) is 0 Å². The second-order valence-electron chi connectivity index (χ2n) is 12.8. The molecule has 0 bridgehead atoms. The minimum atomic E-state index is -2.26. The van der Waals surface area contributed by atoms with Gasteiger partial charge in [-0.15, -0.1) is 0 Å². The molecule has 5 rings (SSSR count). The van der Waals surface area contributed by atoms with Crippen molar-refractivity contribution >= 4 is 27.8 Å². The lowest BCUT2D eigenvalue weighted by Gasteiger charge is -2.63. The number of allylic oxidation sites excluding steroid dienone is 4. The van der Waals surface area contributed by atoms with Gasteiger partial charge in [0.05, 0.1) is 12.2 Å². The molecule has 1 heterocycles. The smallest absolute Gasteiger partial charge is 0.231 e. The zero-order valence-electron chi connectivity index (χ0n) is 22.9. The van der Waals surface area contributed by atoms with Crippen LogP contribution in [0.25, 0.3) is 0 Å². The fourth-order valence-electron chi connectivity index (χ4n) is 8.47. The summed E-state index contributed by atoms with van der Waals surface area (Å²) >= 11 is 0.625. The molecule has 1 unspecified atom stereocenters. The van der Waals surface area contributed by atoms with E-state index in [0.717, 1.165) is 12.5 Å². The predicted octanol–water partition coefficient (Wildman–Crippen LogP) is 5.03. The molecular formula is C29H38F2O6S. The van der Waals surface area contributed by atoms with Crippen LogP contribution in [0.4, 0.5) is 8.78 Å². The minimum absolute atomic E-state index is 0.0510. The van der Waals surface area contributed by atoms with Crippen LogP contribution in [0.3, 0.4) is 0 Å². The molecule has 4 fully saturated rings. The molecule has 0 aromatic heterocycles. The maximum Gasteiger partial charge on any atom is 0.231 e. The monoisotopic (exact) mass is 552 g/mol. The Labute approximate surface area is 227 Å². The summed E-state index contributed by atoms with van der Waals surface area (Å²) in [7, 11) is 0. The lowest BCUT2D eigenvalue weighted by molar-refractivity contribution is -0.246. The summed E-state index contributed by atoms with van der Waals surface area (Å²) in [6, 6.07) is 0. The molecule has 0 amide bonds. The number of aliphatic hydroxyl groups is 1. The maximum atomic E-state index is 17.4. The zero-order chi connectivity index (χ0) is 28.1. The topological polar surface area (TPSA) is 89.9 Å². The van der Waals surface area contributed by atoms with E-state index in [0.29, 0.717) is 18.2 Å². The highest BCUT2D eigenvalue weighted by Crippen LogP contribution is 2.73. The van der Waals surface area contributed by atoms with Crippen LogP contribution in [0.15, 0.2) is 23.8 Å². The summed E-state index contributed by atoms with van der Waals surface area (Å²) in [6.45, 7) is 10.5. The number of carbonyl (C=O) groups is 3. The van der Waals surface area contributed by atoms with Gasteiger partial charge in [0.2, 0.25) is 5.12 Å². The van der Waals surface area contributed by atoms with Crippen LogP contribution >= 0.6 is 11.8 Å². The van der Waals surface area contributed by atoms with Crippen LogP contribution in [-0.2, 0) is 23.9 Å². The maximum absolute atomic E-state index is 17.4. The fourth-order valence-corrected chi connectivity index (χ4v) is 9.53. The molecule has 38 heavy (non-hydrogen) atoms. The highest BCUT2D eigenvalue weighted by Gasteiger charge is 2.81. The average Bonchev–Trinajstić information content (AvgIpc) is 3.23. The normalized spacial score (nSPS) is 47.4. The number of halogens is 2. The van der Waals surface area contributed by atoms with Crippen molar-refractivity contribution in [2.75, 3.05) is 0 Å². The molecule has 1 N–H and O–H groups in total. The van der Waals surface area contributed by atoms with Gasteiger partial charge in [0, 0.05) is 22.7 Å². The van der Waals surface area contributed by atoms with Gasteiger partial charge in [0.15, 0.2) is 28.0 Å². The number of thioether (sulfide) groups is 1. The van der Waals surface area contributed by atoms with Crippen LogP contribution in [0.1, 0.15) is 73.6 Å². The molecule has 0 spiro atoms. The van der Waals surface area contributed by atoms with Crippen molar-refractivity contribution in [1.29, 1.82) is 0 Å². The van der Waals surface area contributed by atoms with Crippen LogP contribution in [0.5, 0.6) is 0 Å². The third-order valence-electron chi connectivity index (χ3n) is 10.2. The largest absolute Gasteiger partial charge is 0.390 e. The lowest BCUT2D eigenvalue weighted by Crippen LogP contribution is -2.70. The Kier molecular flexibility index (Phi) is 6.50. The summed E-state index contributed by atoms with van der Waals surface area (Å²) in [4.78, 5) is 39.1. The van der Waals surface area contributed by atoms with Gasteiger partial charge in [-0.05, 0) is 81.9 Å². The van der Waals surface area contributed by atoms with E-state index in [1.54, 1.807) is 34.6 Å². The molecular weight excluding hydrogens is 514 g/mol. The van der Waals surface area contributed by atoms with Gasteiger partial charge in [-0.3, -0.25) is 14.4 Å². The molecule has 5 aliphatic rings. The van der Waals surface area contributed by atoms with E-state index in [4.69, 9.17) is 9.47 Å². The molecule has 6 nitrogen and oxygen atoms in total. The molecule has 3 saturated carbocycles.